The third-order valence-corrected chi connectivity index (χ3v) is 6.66. The molecule has 4 rings (SSSR count). The molecule has 1 aliphatic rings. The molecular weight excluding hydrogens is 384 g/mol. The molecule has 27 heavy (non-hydrogen) atoms. The summed E-state index contributed by atoms with van der Waals surface area (Å²) in [5, 5.41) is 12.3. The summed E-state index contributed by atoms with van der Waals surface area (Å²) in [6, 6.07) is 4.52. The van der Waals surface area contributed by atoms with Crippen LogP contribution in [0.3, 0.4) is 0 Å². The first-order chi connectivity index (χ1) is 13.0. The third-order valence-electron chi connectivity index (χ3n) is 5.08. The standard InChI is InChI=1S/C19H19ClN4O2S/c1-10-13(20)7-5-8-14(10)21-17(25)11(2)24-19(26)16-12-6-3-4-9-15(12)27-18(16)22-23-24/h5,7-8,11H,3-4,6,9H2,1-2H3,(H,21,25)/t11-/m0/s1. The second-order valence-electron chi connectivity index (χ2n) is 6.81. The van der Waals surface area contributed by atoms with Crippen LogP contribution in [0.4, 0.5) is 5.69 Å². The lowest BCUT2D eigenvalue weighted by Gasteiger charge is -2.15. The maximum absolute atomic E-state index is 13.0. The SMILES string of the molecule is Cc1c(Cl)cccc1NC(=O)[C@H](C)n1nnc2sc3c(c2c1=O)CCCC3. The van der Waals surface area contributed by atoms with Crippen LogP contribution in [0.2, 0.25) is 5.02 Å². The van der Waals surface area contributed by atoms with Crippen LogP contribution in [-0.4, -0.2) is 20.9 Å². The van der Waals surface area contributed by atoms with Gasteiger partial charge in [-0.25, -0.2) is 0 Å². The largest absolute Gasteiger partial charge is 0.324 e. The Bertz CT molecular complexity index is 1110. The maximum Gasteiger partial charge on any atom is 0.279 e. The number of thiophene rings is 1. The molecule has 1 amide bonds. The minimum atomic E-state index is -0.785. The van der Waals surface area contributed by atoms with Crippen LogP contribution in [-0.2, 0) is 17.6 Å². The van der Waals surface area contributed by atoms with Crippen molar-refractivity contribution in [3.8, 4) is 0 Å². The van der Waals surface area contributed by atoms with Gasteiger partial charge in [0.15, 0.2) is 4.83 Å². The Hall–Kier alpha value is -2.25. The van der Waals surface area contributed by atoms with E-state index in [4.69, 9.17) is 11.6 Å². The second-order valence-corrected chi connectivity index (χ2v) is 8.30. The molecule has 1 atom stereocenters. The highest BCUT2D eigenvalue weighted by Gasteiger charge is 2.24. The fourth-order valence-electron chi connectivity index (χ4n) is 3.43. The number of hydrogen-bond acceptors (Lipinski definition) is 5. The highest BCUT2D eigenvalue weighted by Crippen LogP contribution is 2.33. The summed E-state index contributed by atoms with van der Waals surface area (Å²) < 4.78 is 1.18. The number of aromatic nitrogens is 3. The van der Waals surface area contributed by atoms with E-state index in [-0.39, 0.29) is 11.5 Å². The zero-order valence-electron chi connectivity index (χ0n) is 15.1. The molecule has 0 fully saturated rings. The first-order valence-corrected chi connectivity index (χ1v) is 10.1. The van der Waals surface area contributed by atoms with Crippen LogP contribution < -0.4 is 10.9 Å². The van der Waals surface area contributed by atoms with Gasteiger partial charge < -0.3 is 5.32 Å². The molecule has 0 saturated carbocycles. The summed E-state index contributed by atoms with van der Waals surface area (Å²) in [5.74, 6) is -0.333. The minimum absolute atomic E-state index is 0.245. The predicted molar refractivity (Wildman–Crippen MR) is 108 cm³/mol. The van der Waals surface area contributed by atoms with Crippen LogP contribution in [0.5, 0.6) is 0 Å². The lowest BCUT2D eigenvalue weighted by atomic mass is 9.97. The van der Waals surface area contributed by atoms with Gasteiger partial charge in [0, 0.05) is 15.6 Å². The van der Waals surface area contributed by atoms with E-state index in [0.717, 1.165) is 36.8 Å². The molecule has 0 spiro atoms. The molecule has 1 N–H and O–H groups in total. The Kier molecular flexibility index (Phi) is 4.74. The minimum Gasteiger partial charge on any atom is -0.324 e. The van der Waals surface area contributed by atoms with Gasteiger partial charge in [0.25, 0.3) is 5.56 Å². The van der Waals surface area contributed by atoms with Crippen LogP contribution in [0.15, 0.2) is 23.0 Å². The Morgan fingerprint density at radius 2 is 2.11 bits per heavy atom. The van der Waals surface area contributed by atoms with E-state index in [1.807, 2.05) is 6.92 Å². The van der Waals surface area contributed by atoms with Crippen LogP contribution in [0.25, 0.3) is 10.2 Å². The average molecular weight is 403 g/mol. The Labute approximate surface area is 165 Å². The van der Waals surface area contributed by atoms with E-state index in [9.17, 15) is 9.59 Å². The monoisotopic (exact) mass is 402 g/mol. The number of fused-ring (bicyclic) bond motifs is 3. The van der Waals surface area contributed by atoms with E-state index in [0.29, 0.717) is 20.9 Å². The number of carbonyl (C=O) groups excluding carboxylic acids is 1. The first kappa shape index (κ1) is 18.1. The van der Waals surface area contributed by atoms with Gasteiger partial charge >= 0.3 is 0 Å². The number of hydrogen-bond donors (Lipinski definition) is 1. The Morgan fingerprint density at radius 1 is 1.33 bits per heavy atom. The van der Waals surface area contributed by atoms with E-state index < -0.39 is 6.04 Å². The topological polar surface area (TPSA) is 76.9 Å². The van der Waals surface area contributed by atoms with Gasteiger partial charge in [0.05, 0.1) is 5.39 Å². The summed E-state index contributed by atoms with van der Waals surface area (Å²) in [7, 11) is 0. The summed E-state index contributed by atoms with van der Waals surface area (Å²) in [6.45, 7) is 3.48. The number of amides is 1. The van der Waals surface area contributed by atoms with Crippen molar-refractivity contribution in [3.63, 3.8) is 0 Å². The van der Waals surface area contributed by atoms with Gasteiger partial charge in [-0.3, -0.25) is 9.59 Å². The molecule has 0 unspecified atom stereocenters. The lowest BCUT2D eigenvalue weighted by Crippen LogP contribution is -2.34. The summed E-state index contributed by atoms with van der Waals surface area (Å²) >= 11 is 7.66. The summed E-state index contributed by atoms with van der Waals surface area (Å²) in [4.78, 5) is 27.7. The molecule has 140 valence electrons. The fourth-order valence-corrected chi connectivity index (χ4v) is 4.80. The predicted octanol–water partition coefficient (Wildman–Crippen LogP) is 3.89. The highest BCUT2D eigenvalue weighted by molar-refractivity contribution is 7.18. The number of nitrogens with zero attached hydrogens (tertiary/aromatic N) is 3. The zero-order chi connectivity index (χ0) is 19.1. The number of aryl methyl sites for hydroxylation is 2. The number of halogens is 1. The van der Waals surface area contributed by atoms with Crippen LogP contribution in [0.1, 0.15) is 41.8 Å². The lowest BCUT2D eigenvalue weighted by molar-refractivity contribution is -0.119. The number of nitrogens with one attached hydrogen (secondary N) is 1. The van der Waals surface area contributed by atoms with Gasteiger partial charge in [0.2, 0.25) is 5.91 Å². The molecule has 1 aromatic carbocycles. The maximum atomic E-state index is 13.0. The van der Waals surface area contributed by atoms with E-state index in [1.165, 1.54) is 9.56 Å². The molecule has 6 nitrogen and oxygen atoms in total. The Morgan fingerprint density at radius 3 is 2.93 bits per heavy atom. The number of rotatable bonds is 3. The van der Waals surface area contributed by atoms with Crippen LogP contribution in [0, 0.1) is 6.92 Å². The second kappa shape index (κ2) is 7.05. The smallest absolute Gasteiger partial charge is 0.279 e. The van der Waals surface area contributed by atoms with Gasteiger partial charge in [0.1, 0.15) is 6.04 Å². The van der Waals surface area contributed by atoms with Crippen molar-refractivity contribution >= 4 is 44.7 Å². The van der Waals surface area contributed by atoms with Gasteiger partial charge in [-0.1, -0.05) is 22.9 Å². The van der Waals surface area contributed by atoms with E-state index in [2.05, 4.69) is 15.6 Å². The van der Waals surface area contributed by atoms with Crippen molar-refractivity contribution in [1.29, 1.82) is 0 Å². The normalized spacial score (nSPS) is 14.8. The van der Waals surface area contributed by atoms with Crippen molar-refractivity contribution in [2.75, 3.05) is 5.32 Å². The molecule has 0 saturated heterocycles. The molecule has 0 aliphatic heterocycles. The molecule has 1 aliphatic carbocycles. The molecule has 0 bridgehead atoms. The Balaban J connectivity index is 1.69. The molecule has 8 heteroatoms. The van der Waals surface area contributed by atoms with Crippen LogP contribution >= 0.6 is 22.9 Å². The van der Waals surface area contributed by atoms with Crippen molar-refractivity contribution < 1.29 is 4.79 Å². The molecule has 0 radical (unpaired) electrons. The highest BCUT2D eigenvalue weighted by atomic mass is 35.5. The summed E-state index contributed by atoms with van der Waals surface area (Å²) in [6.07, 6.45) is 4.09. The number of carbonyl (C=O) groups is 1. The third kappa shape index (κ3) is 3.15. The van der Waals surface area contributed by atoms with Crippen molar-refractivity contribution in [1.82, 2.24) is 15.0 Å². The van der Waals surface area contributed by atoms with E-state index >= 15 is 0 Å². The van der Waals surface area contributed by atoms with Gasteiger partial charge in [-0.15, -0.1) is 16.4 Å². The van der Waals surface area contributed by atoms with Crippen molar-refractivity contribution in [3.05, 3.63) is 49.6 Å². The molecular formula is C19H19ClN4O2S. The quantitative estimate of drug-likeness (QED) is 0.720. The first-order valence-electron chi connectivity index (χ1n) is 8.93. The summed E-state index contributed by atoms with van der Waals surface area (Å²) in [5.41, 5.74) is 2.24. The van der Waals surface area contributed by atoms with Crippen molar-refractivity contribution in [2.45, 2.75) is 45.6 Å². The average Bonchev–Trinajstić information content (AvgIpc) is 3.04. The van der Waals surface area contributed by atoms with Gasteiger partial charge in [-0.05, 0) is 62.8 Å². The fraction of sp³-hybridized carbons (Fsp3) is 0.368. The molecule has 2 heterocycles. The molecule has 3 aromatic rings. The van der Waals surface area contributed by atoms with E-state index in [1.54, 1.807) is 36.5 Å². The number of benzene rings is 1. The van der Waals surface area contributed by atoms with Gasteiger partial charge in [-0.2, -0.15) is 4.68 Å². The zero-order valence-corrected chi connectivity index (χ0v) is 16.7. The molecule has 2 aromatic heterocycles. The van der Waals surface area contributed by atoms with Crippen molar-refractivity contribution in [2.24, 2.45) is 0 Å². The number of anilines is 1.